The fourth-order valence-corrected chi connectivity index (χ4v) is 1.27. The van der Waals surface area contributed by atoms with E-state index in [-0.39, 0.29) is 6.04 Å². The Kier molecular flexibility index (Phi) is 8.57. The standard InChI is InChI=1S/C8H19NOS/c1-3-5-10-7-8(9)4-6-11-2/h8H,3-7,9H2,1-2H3. The zero-order chi connectivity index (χ0) is 8.53. The highest BCUT2D eigenvalue weighted by Gasteiger charge is 2.00. The summed E-state index contributed by atoms with van der Waals surface area (Å²) in [6.45, 7) is 3.66. The highest BCUT2D eigenvalue weighted by atomic mass is 32.2. The summed E-state index contributed by atoms with van der Waals surface area (Å²) in [5, 5.41) is 0. The Labute approximate surface area is 73.9 Å². The lowest BCUT2D eigenvalue weighted by molar-refractivity contribution is 0.121. The molecular formula is C8H19NOS. The molecule has 0 amide bonds. The molecule has 0 fully saturated rings. The molecule has 11 heavy (non-hydrogen) atoms. The van der Waals surface area contributed by atoms with Crippen molar-refractivity contribution in [2.75, 3.05) is 25.2 Å². The van der Waals surface area contributed by atoms with Crippen LogP contribution in [0.5, 0.6) is 0 Å². The van der Waals surface area contributed by atoms with E-state index >= 15 is 0 Å². The molecule has 0 aromatic rings. The molecule has 0 rings (SSSR count). The highest BCUT2D eigenvalue weighted by molar-refractivity contribution is 7.98. The van der Waals surface area contributed by atoms with Gasteiger partial charge in [-0.25, -0.2) is 0 Å². The van der Waals surface area contributed by atoms with Crippen LogP contribution in [-0.4, -0.2) is 31.3 Å². The molecule has 2 N–H and O–H groups in total. The predicted octanol–water partition coefficient (Wildman–Crippen LogP) is 1.49. The second-order valence-corrected chi connectivity index (χ2v) is 3.60. The Morgan fingerprint density at radius 2 is 2.27 bits per heavy atom. The normalized spacial score (nSPS) is 13.4. The number of ether oxygens (including phenoxy) is 1. The number of rotatable bonds is 7. The van der Waals surface area contributed by atoms with E-state index in [1.807, 2.05) is 11.8 Å². The Morgan fingerprint density at radius 3 is 2.82 bits per heavy atom. The lowest BCUT2D eigenvalue weighted by Crippen LogP contribution is -2.26. The van der Waals surface area contributed by atoms with Gasteiger partial charge in [-0.3, -0.25) is 0 Å². The third-order valence-electron chi connectivity index (χ3n) is 1.37. The molecular weight excluding hydrogens is 158 g/mol. The van der Waals surface area contributed by atoms with Crippen LogP contribution < -0.4 is 5.73 Å². The number of hydrogen-bond donors (Lipinski definition) is 1. The number of nitrogens with two attached hydrogens (primary N) is 1. The van der Waals surface area contributed by atoms with E-state index in [1.54, 1.807) is 0 Å². The maximum atomic E-state index is 5.76. The van der Waals surface area contributed by atoms with Crippen molar-refractivity contribution < 1.29 is 4.74 Å². The summed E-state index contributed by atoms with van der Waals surface area (Å²) in [4.78, 5) is 0. The molecule has 0 saturated heterocycles. The van der Waals surface area contributed by atoms with E-state index in [4.69, 9.17) is 10.5 Å². The van der Waals surface area contributed by atoms with Gasteiger partial charge in [0.2, 0.25) is 0 Å². The first-order valence-electron chi connectivity index (χ1n) is 4.13. The summed E-state index contributed by atoms with van der Waals surface area (Å²) in [5.41, 5.74) is 5.76. The minimum atomic E-state index is 0.231. The van der Waals surface area contributed by atoms with Gasteiger partial charge >= 0.3 is 0 Å². The molecule has 0 aliphatic rings. The van der Waals surface area contributed by atoms with E-state index in [2.05, 4.69) is 13.2 Å². The molecule has 0 radical (unpaired) electrons. The maximum absolute atomic E-state index is 5.76. The fraction of sp³-hybridized carbons (Fsp3) is 1.00. The van der Waals surface area contributed by atoms with Crippen LogP contribution in [0.4, 0.5) is 0 Å². The molecule has 0 aromatic heterocycles. The molecule has 1 unspecified atom stereocenters. The number of thioether (sulfide) groups is 1. The average molecular weight is 177 g/mol. The first-order valence-corrected chi connectivity index (χ1v) is 5.53. The van der Waals surface area contributed by atoms with Gasteiger partial charge in [-0.05, 0) is 24.9 Å². The van der Waals surface area contributed by atoms with Crippen molar-refractivity contribution in [1.82, 2.24) is 0 Å². The molecule has 2 nitrogen and oxygen atoms in total. The Morgan fingerprint density at radius 1 is 1.55 bits per heavy atom. The van der Waals surface area contributed by atoms with Gasteiger partial charge in [0, 0.05) is 12.6 Å². The minimum Gasteiger partial charge on any atom is -0.380 e. The lowest BCUT2D eigenvalue weighted by atomic mass is 10.3. The summed E-state index contributed by atoms with van der Waals surface area (Å²) in [7, 11) is 0. The molecule has 1 atom stereocenters. The van der Waals surface area contributed by atoms with Crippen molar-refractivity contribution >= 4 is 11.8 Å². The van der Waals surface area contributed by atoms with Crippen molar-refractivity contribution in [2.45, 2.75) is 25.8 Å². The van der Waals surface area contributed by atoms with Gasteiger partial charge in [-0.2, -0.15) is 11.8 Å². The smallest absolute Gasteiger partial charge is 0.0617 e. The molecule has 0 bridgehead atoms. The topological polar surface area (TPSA) is 35.2 Å². The first-order chi connectivity index (χ1) is 5.31. The van der Waals surface area contributed by atoms with E-state index in [9.17, 15) is 0 Å². The van der Waals surface area contributed by atoms with Gasteiger partial charge < -0.3 is 10.5 Å². The highest BCUT2D eigenvalue weighted by Crippen LogP contribution is 1.98. The van der Waals surface area contributed by atoms with Crippen molar-refractivity contribution in [3.63, 3.8) is 0 Å². The van der Waals surface area contributed by atoms with E-state index in [0.29, 0.717) is 6.61 Å². The van der Waals surface area contributed by atoms with Crippen LogP contribution in [0.25, 0.3) is 0 Å². The van der Waals surface area contributed by atoms with Crippen LogP contribution in [0.3, 0.4) is 0 Å². The van der Waals surface area contributed by atoms with Gasteiger partial charge in [0.25, 0.3) is 0 Å². The van der Waals surface area contributed by atoms with Crippen LogP contribution in [-0.2, 0) is 4.74 Å². The molecule has 0 spiro atoms. The monoisotopic (exact) mass is 177 g/mol. The third kappa shape index (κ3) is 8.17. The summed E-state index contributed by atoms with van der Waals surface area (Å²) in [6, 6.07) is 0.231. The summed E-state index contributed by atoms with van der Waals surface area (Å²) >= 11 is 1.83. The Balaban J connectivity index is 3.02. The molecule has 68 valence electrons. The average Bonchev–Trinajstić information content (AvgIpc) is 2.01. The maximum Gasteiger partial charge on any atom is 0.0617 e. The zero-order valence-electron chi connectivity index (χ0n) is 7.51. The fourth-order valence-electron chi connectivity index (χ4n) is 0.732. The first kappa shape index (κ1) is 11.3. The van der Waals surface area contributed by atoms with Gasteiger partial charge in [-0.1, -0.05) is 6.92 Å². The summed E-state index contributed by atoms with van der Waals surface area (Å²) < 4.78 is 5.31. The van der Waals surface area contributed by atoms with Crippen LogP contribution in [0.2, 0.25) is 0 Å². The van der Waals surface area contributed by atoms with E-state index < -0.39 is 0 Å². The molecule has 0 aliphatic heterocycles. The van der Waals surface area contributed by atoms with E-state index in [1.165, 1.54) is 0 Å². The van der Waals surface area contributed by atoms with Crippen LogP contribution in [0, 0.1) is 0 Å². The Bertz CT molecular complexity index is 80.5. The van der Waals surface area contributed by atoms with E-state index in [0.717, 1.165) is 25.2 Å². The van der Waals surface area contributed by atoms with Gasteiger partial charge in [0.15, 0.2) is 0 Å². The predicted molar refractivity (Wildman–Crippen MR) is 52.1 cm³/mol. The van der Waals surface area contributed by atoms with Crippen molar-refractivity contribution in [2.24, 2.45) is 5.73 Å². The molecule has 0 aromatic carbocycles. The van der Waals surface area contributed by atoms with Crippen molar-refractivity contribution in [3.05, 3.63) is 0 Å². The van der Waals surface area contributed by atoms with Crippen molar-refractivity contribution in [1.29, 1.82) is 0 Å². The lowest BCUT2D eigenvalue weighted by Gasteiger charge is -2.10. The molecule has 0 heterocycles. The van der Waals surface area contributed by atoms with Crippen molar-refractivity contribution in [3.8, 4) is 0 Å². The van der Waals surface area contributed by atoms with Crippen LogP contribution >= 0.6 is 11.8 Å². The molecule has 0 saturated carbocycles. The quantitative estimate of drug-likeness (QED) is 0.598. The summed E-state index contributed by atoms with van der Waals surface area (Å²) in [5.74, 6) is 1.14. The minimum absolute atomic E-state index is 0.231. The SMILES string of the molecule is CCCOCC(N)CCSC. The second kappa shape index (κ2) is 8.37. The van der Waals surface area contributed by atoms with Crippen LogP contribution in [0.1, 0.15) is 19.8 Å². The number of hydrogen-bond acceptors (Lipinski definition) is 3. The third-order valence-corrected chi connectivity index (χ3v) is 2.02. The van der Waals surface area contributed by atoms with Crippen LogP contribution in [0.15, 0.2) is 0 Å². The zero-order valence-corrected chi connectivity index (χ0v) is 8.32. The largest absolute Gasteiger partial charge is 0.380 e. The van der Waals surface area contributed by atoms with Gasteiger partial charge in [0.05, 0.1) is 6.61 Å². The summed E-state index contributed by atoms with van der Waals surface area (Å²) in [6.07, 6.45) is 4.24. The van der Waals surface area contributed by atoms with Gasteiger partial charge in [0.1, 0.15) is 0 Å². The molecule has 3 heteroatoms. The second-order valence-electron chi connectivity index (χ2n) is 2.62. The Hall–Kier alpha value is 0.270. The molecule has 0 aliphatic carbocycles. The van der Waals surface area contributed by atoms with Gasteiger partial charge in [-0.15, -0.1) is 0 Å².